The minimum absolute atomic E-state index is 0.0285. The molecular weight excluding hydrogens is 196 g/mol. The fourth-order valence-corrected chi connectivity index (χ4v) is 2.13. The van der Waals surface area contributed by atoms with Gasteiger partial charge in [0.1, 0.15) is 5.78 Å². The molecule has 1 unspecified atom stereocenters. The van der Waals surface area contributed by atoms with Crippen molar-refractivity contribution in [1.82, 2.24) is 0 Å². The van der Waals surface area contributed by atoms with Gasteiger partial charge < -0.3 is 0 Å². The number of hydrogen-bond acceptors (Lipinski definition) is 3. The lowest BCUT2D eigenvalue weighted by Crippen LogP contribution is -2.25. The quantitative estimate of drug-likeness (QED) is 0.708. The van der Waals surface area contributed by atoms with Crippen LogP contribution >= 0.6 is 11.8 Å². The van der Waals surface area contributed by atoms with Gasteiger partial charge in [-0.25, -0.2) is 0 Å². The second kappa shape index (κ2) is 6.23. The molecule has 0 N–H and O–H groups in total. The minimum atomic E-state index is -0.158. The second-order valence-corrected chi connectivity index (χ2v) is 5.66. The van der Waals surface area contributed by atoms with E-state index in [0.717, 1.165) is 0 Å². The Balaban J connectivity index is 4.33. The van der Waals surface area contributed by atoms with Crippen LogP contribution in [0.15, 0.2) is 0 Å². The predicted octanol–water partition coefficient (Wildman–Crippen LogP) is 2.91. The summed E-state index contributed by atoms with van der Waals surface area (Å²) in [7, 11) is 0. The van der Waals surface area contributed by atoms with Gasteiger partial charge in [-0.15, -0.1) is 0 Å². The van der Waals surface area contributed by atoms with Gasteiger partial charge >= 0.3 is 0 Å². The lowest BCUT2D eigenvalue weighted by Gasteiger charge is -2.18. The van der Waals surface area contributed by atoms with Crippen LogP contribution in [0.5, 0.6) is 0 Å². The Morgan fingerprint density at radius 2 is 1.64 bits per heavy atom. The highest BCUT2D eigenvalue weighted by atomic mass is 32.2. The average molecular weight is 216 g/mol. The third-order valence-electron chi connectivity index (χ3n) is 1.83. The summed E-state index contributed by atoms with van der Waals surface area (Å²) < 4.78 is 0. The molecule has 0 amide bonds. The molecule has 3 heteroatoms. The molecule has 0 aromatic carbocycles. The van der Waals surface area contributed by atoms with Gasteiger partial charge in [0.05, 0.1) is 5.25 Å². The van der Waals surface area contributed by atoms with Crippen LogP contribution in [0.1, 0.15) is 41.0 Å². The van der Waals surface area contributed by atoms with Gasteiger partial charge in [0.25, 0.3) is 0 Å². The molecule has 0 spiro atoms. The van der Waals surface area contributed by atoms with E-state index in [9.17, 15) is 9.59 Å². The van der Waals surface area contributed by atoms with E-state index in [4.69, 9.17) is 0 Å². The van der Waals surface area contributed by atoms with Crippen LogP contribution in [0.3, 0.4) is 0 Å². The summed E-state index contributed by atoms with van der Waals surface area (Å²) in [6.07, 6.45) is 0.573. The SMILES string of the molecule is CC(=O)SC(C(=O)CC(C)C)C(C)C. The maximum absolute atomic E-state index is 11.8. The molecule has 0 radical (unpaired) electrons. The van der Waals surface area contributed by atoms with Gasteiger partial charge in [0.15, 0.2) is 5.12 Å². The van der Waals surface area contributed by atoms with E-state index >= 15 is 0 Å². The maximum Gasteiger partial charge on any atom is 0.186 e. The van der Waals surface area contributed by atoms with Crippen molar-refractivity contribution in [1.29, 1.82) is 0 Å². The monoisotopic (exact) mass is 216 g/mol. The first-order valence-corrected chi connectivity index (χ1v) is 5.92. The summed E-state index contributed by atoms with van der Waals surface area (Å²) >= 11 is 1.17. The van der Waals surface area contributed by atoms with Crippen molar-refractivity contribution in [2.45, 2.75) is 46.3 Å². The van der Waals surface area contributed by atoms with Crippen LogP contribution in [-0.2, 0) is 9.59 Å². The fourth-order valence-electron chi connectivity index (χ4n) is 1.27. The van der Waals surface area contributed by atoms with Crippen molar-refractivity contribution in [3.8, 4) is 0 Å². The van der Waals surface area contributed by atoms with Crippen LogP contribution in [0, 0.1) is 11.8 Å². The normalized spacial score (nSPS) is 13.4. The number of thioether (sulfide) groups is 1. The van der Waals surface area contributed by atoms with Crippen molar-refractivity contribution in [3.63, 3.8) is 0 Å². The molecule has 0 heterocycles. The Bertz CT molecular complexity index is 209. The van der Waals surface area contributed by atoms with E-state index in [1.165, 1.54) is 18.7 Å². The summed E-state index contributed by atoms with van der Waals surface area (Å²) in [6.45, 7) is 9.53. The van der Waals surface area contributed by atoms with Crippen molar-refractivity contribution in [2.24, 2.45) is 11.8 Å². The van der Waals surface area contributed by atoms with E-state index in [-0.39, 0.29) is 22.1 Å². The van der Waals surface area contributed by atoms with Crippen LogP contribution in [0.2, 0.25) is 0 Å². The molecule has 82 valence electrons. The zero-order valence-electron chi connectivity index (χ0n) is 9.66. The number of carbonyl (C=O) groups excluding carboxylic acids is 2. The number of hydrogen-bond donors (Lipinski definition) is 0. The Hall–Kier alpha value is -0.310. The molecule has 0 aliphatic carbocycles. The largest absolute Gasteiger partial charge is 0.298 e. The van der Waals surface area contributed by atoms with Gasteiger partial charge in [0, 0.05) is 13.3 Å². The fraction of sp³-hybridized carbons (Fsp3) is 0.818. The molecule has 2 nitrogen and oxygen atoms in total. The smallest absolute Gasteiger partial charge is 0.186 e. The minimum Gasteiger partial charge on any atom is -0.298 e. The lowest BCUT2D eigenvalue weighted by molar-refractivity contribution is -0.120. The summed E-state index contributed by atoms with van der Waals surface area (Å²) in [5, 5.41) is -0.129. The highest BCUT2D eigenvalue weighted by molar-refractivity contribution is 8.14. The predicted molar refractivity (Wildman–Crippen MR) is 61.4 cm³/mol. The molecular formula is C11H20O2S. The van der Waals surface area contributed by atoms with Crippen LogP contribution < -0.4 is 0 Å². The van der Waals surface area contributed by atoms with Crippen LogP contribution in [-0.4, -0.2) is 16.1 Å². The van der Waals surface area contributed by atoms with Gasteiger partial charge in [0.2, 0.25) is 0 Å². The molecule has 0 fully saturated rings. The van der Waals surface area contributed by atoms with E-state index in [1.54, 1.807) is 0 Å². The summed E-state index contributed by atoms with van der Waals surface area (Å²) in [6, 6.07) is 0. The molecule has 0 saturated carbocycles. The average Bonchev–Trinajstić information content (AvgIpc) is 1.97. The van der Waals surface area contributed by atoms with Crippen LogP contribution in [0.25, 0.3) is 0 Å². The number of ketones is 1. The van der Waals surface area contributed by atoms with Crippen molar-refractivity contribution < 1.29 is 9.59 Å². The first kappa shape index (κ1) is 13.7. The zero-order valence-corrected chi connectivity index (χ0v) is 10.5. The Kier molecular flexibility index (Phi) is 6.09. The third kappa shape index (κ3) is 5.43. The molecule has 1 atom stereocenters. The first-order chi connectivity index (χ1) is 6.34. The third-order valence-corrected chi connectivity index (χ3v) is 3.22. The van der Waals surface area contributed by atoms with E-state index in [2.05, 4.69) is 0 Å². The van der Waals surface area contributed by atoms with E-state index < -0.39 is 0 Å². The summed E-state index contributed by atoms with van der Waals surface area (Å²) in [5.74, 6) is 0.807. The van der Waals surface area contributed by atoms with Crippen molar-refractivity contribution in [2.75, 3.05) is 0 Å². The molecule has 0 aliphatic heterocycles. The molecule has 0 aromatic heterocycles. The highest BCUT2D eigenvalue weighted by Crippen LogP contribution is 2.23. The maximum atomic E-state index is 11.8. The molecule has 14 heavy (non-hydrogen) atoms. The number of rotatable bonds is 5. The topological polar surface area (TPSA) is 34.1 Å². The first-order valence-electron chi connectivity index (χ1n) is 5.04. The molecule has 0 aromatic rings. The highest BCUT2D eigenvalue weighted by Gasteiger charge is 2.24. The van der Waals surface area contributed by atoms with Gasteiger partial charge in [-0.1, -0.05) is 39.5 Å². The van der Waals surface area contributed by atoms with E-state index in [0.29, 0.717) is 12.3 Å². The Morgan fingerprint density at radius 3 is 1.93 bits per heavy atom. The Morgan fingerprint density at radius 1 is 1.14 bits per heavy atom. The van der Waals surface area contributed by atoms with Gasteiger partial charge in [-0.05, 0) is 11.8 Å². The van der Waals surface area contributed by atoms with E-state index in [1.807, 2.05) is 27.7 Å². The zero-order chi connectivity index (χ0) is 11.3. The van der Waals surface area contributed by atoms with Gasteiger partial charge in [-0.3, -0.25) is 9.59 Å². The number of Topliss-reactive ketones (excluding diaryl/α,β-unsaturated/α-hetero) is 1. The standard InChI is InChI=1S/C11H20O2S/c1-7(2)6-10(13)11(8(3)4)14-9(5)12/h7-8,11H,6H2,1-5H3. The van der Waals surface area contributed by atoms with Gasteiger partial charge in [-0.2, -0.15) is 0 Å². The second-order valence-electron chi connectivity index (χ2n) is 4.34. The summed E-state index contributed by atoms with van der Waals surface area (Å²) in [4.78, 5) is 22.7. The van der Waals surface area contributed by atoms with Crippen LogP contribution in [0.4, 0.5) is 0 Å². The molecule has 0 rings (SSSR count). The number of carbonyl (C=O) groups is 2. The lowest BCUT2D eigenvalue weighted by atomic mass is 9.99. The van der Waals surface area contributed by atoms with Crippen molar-refractivity contribution >= 4 is 22.7 Å². The summed E-state index contributed by atoms with van der Waals surface area (Å²) in [5.41, 5.74) is 0. The molecule has 0 saturated heterocycles. The van der Waals surface area contributed by atoms with Crippen molar-refractivity contribution in [3.05, 3.63) is 0 Å². The molecule has 0 bridgehead atoms. The Labute approximate surface area is 90.8 Å². The molecule has 0 aliphatic rings.